The van der Waals surface area contributed by atoms with Crippen molar-refractivity contribution in [1.29, 1.82) is 0 Å². The van der Waals surface area contributed by atoms with Crippen molar-refractivity contribution < 1.29 is 65.4 Å². The third-order valence-corrected chi connectivity index (χ3v) is 50.3. The van der Waals surface area contributed by atoms with E-state index in [1.165, 1.54) is 212 Å². The summed E-state index contributed by atoms with van der Waals surface area (Å²) in [5.74, 6) is -0.419. The maximum Gasteiger partial charge on any atom is 0.308 e. The number of carbonyl (C=O) groups excluding carboxylic acids is 6. The normalized spacial score (nSPS) is 13.7. The Hall–Kier alpha value is -2.59. The summed E-state index contributed by atoms with van der Waals surface area (Å²) in [6, 6.07) is 0. The van der Waals surface area contributed by atoms with Crippen molar-refractivity contribution in [2.24, 2.45) is 11.8 Å². The van der Waals surface area contributed by atoms with Crippen LogP contribution < -0.4 is 10.6 Å². The van der Waals surface area contributed by atoms with E-state index in [1.807, 2.05) is 7.05 Å². The molecule has 0 rings (SSSR count). The number of amides is 2. The number of rotatable bonds is 100. The summed E-state index contributed by atoms with van der Waals surface area (Å²) in [6.45, 7) is 67.7. The molecule has 144 heavy (non-hydrogen) atoms. The Morgan fingerprint density at radius 2 is 0.458 bits per heavy atom. The first kappa shape index (κ1) is 141. The van der Waals surface area contributed by atoms with Crippen LogP contribution in [0.5, 0.6) is 0 Å². The molecular formula is C121H245N5O14Si4. The van der Waals surface area contributed by atoms with E-state index in [2.05, 4.69) is 197 Å². The van der Waals surface area contributed by atoms with Crippen molar-refractivity contribution in [3.8, 4) is 0 Å². The Morgan fingerprint density at radius 1 is 0.250 bits per heavy atom. The fourth-order valence-electron chi connectivity index (χ4n) is 18.4. The average molecular weight is 2110 g/mol. The summed E-state index contributed by atoms with van der Waals surface area (Å²) in [5.41, 5.74) is 0. The molecule has 0 spiro atoms. The number of carbonyl (C=O) groups is 6. The van der Waals surface area contributed by atoms with Crippen LogP contribution >= 0.6 is 0 Å². The largest absolute Gasteiger partial charge is 0.466 e. The summed E-state index contributed by atoms with van der Waals surface area (Å²) < 4.78 is 54.1. The molecule has 0 heterocycles. The van der Waals surface area contributed by atoms with Gasteiger partial charge in [-0.2, -0.15) is 0 Å². The Balaban J connectivity index is 6.99. The predicted molar refractivity (Wildman–Crippen MR) is 625 cm³/mol. The van der Waals surface area contributed by atoms with Gasteiger partial charge in [0.1, 0.15) is 0 Å². The van der Waals surface area contributed by atoms with Gasteiger partial charge in [-0.25, -0.2) is 0 Å². The molecule has 0 radical (unpaired) electrons. The molecule has 4 atom stereocenters. The Bertz CT molecular complexity index is 3050. The second-order valence-electron chi connectivity index (χ2n) is 50.3. The highest BCUT2D eigenvalue weighted by molar-refractivity contribution is 6.75. The third kappa shape index (κ3) is 76.0. The van der Waals surface area contributed by atoms with Gasteiger partial charge in [-0.15, -0.1) is 0 Å². The smallest absolute Gasteiger partial charge is 0.308 e. The lowest BCUT2D eigenvalue weighted by molar-refractivity contribution is -0.150. The van der Waals surface area contributed by atoms with E-state index >= 15 is 0 Å². The number of hydrogen-bond acceptors (Lipinski definition) is 17. The predicted octanol–water partition coefficient (Wildman–Crippen LogP) is 33.8. The van der Waals surface area contributed by atoms with Gasteiger partial charge in [0.25, 0.3) is 0 Å². The minimum Gasteiger partial charge on any atom is -0.466 e. The van der Waals surface area contributed by atoms with Gasteiger partial charge in [-0.3, -0.25) is 43.5 Å². The fraction of sp³-hybridized carbons (Fsp3) is 0.950. The molecular weight excluding hydrogens is 1860 g/mol. The zero-order valence-corrected chi connectivity index (χ0v) is 105. The molecule has 0 aliphatic rings. The SMILES string of the molecule is CCCCCCCCCCCC(=O)OCCCC(CN(CCCCNC(=O)CN(C)CC(=O)NCCCCN(CC(CCCCCOC(=O)C(CCCCCCCC)CCCCCCCC)O[Si](C)(C)C(C)(C)C)CC(CCCCOC(=O)CCCCCCCCCC)O[Si](C)(C)C(C)(C)C)CC(CCCCCOC(=O)C(CCCCCCCC)CCCCCCCC)O[Si](C)(C)C(C)(C)C)O[Si](C)(C)C(C)(C)C. The highest BCUT2D eigenvalue weighted by atomic mass is 28.4. The molecule has 2 amide bonds. The number of nitrogens with zero attached hydrogens (tertiary/aromatic N) is 3. The third-order valence-electron chi connectivity index (χ3n) is 32.1. The molecule has 0 aromatic rings. The van der Waals surface area contributed by atoms with Gasteiger partial charge >= 0.3 is 23.9 Å². The number of esters is 4. The Labute approximate surface area is 897 Å². The maximum absolute atomic E-state index is 13.9. The molecule has 19 nitrogen and oxygen atoms in total. The molecule has 23 heteroatoms. The second-order valence-corrected chi connectivity index (χ2v) is 69.4. The summed E-state index contributed by atoms with van der Waals surface area (Å²) >= 11 is 0. The minimum absolute atomic E-state index is 0.000633. The average Bonchev–Trinajstić information content (AvgIpc) is 0.826. The van der Waals surface area contributed by atoms with Crippen LogP contribution in [0.3, 0.4) is 0 Å². The lowest BCUT2D eigenvalue weighted by Crippen LogP contribution is -2.50. The molecule has 0 aliphatic carbocycles. The topological polar surface area (TPSA) is 210 Å². The van der Waals surface area contributed by atoms with Crippen LogP contribution in [0, 0.1) is 11.8 Å². The zero-order chi connectivity index (χ0) is 108. The minimum atomic E-state index is -2.29. The van der Waals surface area contributed by atoms with Gasteiger partial charge < -0.3 is 47.3 Å². The van der Waals surface area contributed by atoms with E-state index in [9.17, 15) is 28.8 Å². The second kappa shape index (κ2) is 85.7. The molecule has 0 aromatic heterocycles. The van der Waals surface area contributed by atoms with Crippen molar-refractivity contribution in [2.45, 2.75) is 633 Å². The van der Waals surface area contributed by atoms with Gasteiger partial charge in [0.2, 0.25) is 11.8 Å². The van der Waals surface area contributed by atoms with Crippen LogP contribution in [0.1, 0.15) is 536 Å². The first-order valence-electron chi connectivity index (χ1n) is 61.3. The lowest BCUT2D eigenvalue weighted by Gasteiger charge is -2.42. The van der Waals surface area contributed by atoms with Gasteiger partial charge in [0, 0.05) is 52.1 Å². The van der Waals surface area contributed by atoms with Gasteiger partial charge in [-0.05, 0) is 228 Å². The van der Waals surface area contributed by atoms with Crippen molar-refractivity contribution in [3.05, 3.63) is 0 Å². The standard InChI is InChI=1S/C121H245N5O14Si4/c1-28-34-40-46-52-54-56-62-72-91-115(130)134-99-81-89-111(140-144(26,27)121(16,17)18)103-126(101-109(138-142(22,23)119(10,11)12)87-70-64-79-98-136-117(132)107(84-67-59-50-44-38-32-5)85-68-60-51-45-39-33-6)95-77-75-93-123-113(128)105-124(19)104-112(127)122-92-74-76-94-125(102-110(139-143(24,25)120(13,14)15)88-73-80-96-133-114(129)90-71-61-55-53-47-41-35-29-2)100-108(137-141(20,21)118(7,8)9)86-69-63-78-97-135-116(131)106(82-65-57-48-42-36-30-3)83-66-58-49-43-37-31-4/h106-111H,28-105H2,1-27H3,(H,122,127)(H,123,128). The van der Waals surface area contributed by atoms with E-state index in [1.54, 1.807) is 4.90 Å². The monoisotopic (exact) mass is 2100 g/mol. The van der Waals surface area contributed by atoms with Crippen molar-refractivity contribution in [1.82, 2.24) is 25.3 Å². The molecule has 0 bridgehead atoms. The highest BCUT2D eigenvalue weighted by Crippen LogP contribution is 2.43. The van der Waals surface area contributed by atoms with Crippen LogP contribution in [-0.2, 0) is 65.4 Å². The summed E-state index contributed by atoms with van der Waals surface area (Å²) in [4.78, 5) is 88.7. The molecule has 0 aromatic carbocycles. The molecule has 0 aliphatic heterocycles. The van der Waals surface area contributed by atoms with Gasteiger partial charge in [-0.1, -0.05) is 388 Å². The molecule has 854 valence electrons. The van der Waals surface area contributed by atoms with Crippen molar-refractivity contribution in [3.63, 3.8) is 0 Å². The molecule has 4 unspecified atom stereocenters. The van der Waals surface area contributed by atoms with E-state index < -0.39 is 33.3 Å². The quantitative estimate of drug-likeness (QED) is 0.0251. The van der Waals surface area contributed by atoms with Crippen LogP contribution in [0.15, 0.2) is 0 Å². The van der Waals surface area contributed by atoms with E-state index in [0.717, 1.165) is 213 Å². The number of nitrogens with one attached hydrogen (secondary N) is 2. The Kier molecular flexibility index (Phi) is 84.2. The van der Waals surface area contributed by atoms with E-state index in [0.29, 0.717) is 65.3 Å². The first-order chi connectivity index (χ1) is 68.2. The molecule has 0 saturated heterocycles. The maximum atomic E-state index is 13.9. The number of hydrogen-bond donors (Lipinski definition) is 2. The van der Waals surface area contributed by atoms with E-state index in [-0.39, 0.29) is 105 Å². The summed E-state index contributed by atoms with van der Waals surface area (Å²) in [5, 5.41) is 6.42. The van der Waals surface area contributed by atoms with Gasteiger partial charge in [0.05, 0.1) is 75.8 Å². The Morgan fingerprint density at radius 3 is 0.722 bits per heavy atom. The zero-order valence-electron chi connectivity index (χ0n) is 101. The summed E-state index contributed by atoms with van der Waals surface area (Å²) in [7, 11) is -7.23. The van der Waals surface area contributed by atoms with Crippen LogP contribution in [0.25, 0.3) is 0 Å². The number of unbranched alkanes of at least 4 members (excludes halogenated alkanes) is 42. The van der Waals surface area contributed by atoms with Gasteiger partial charge in [0.15, 0.2) is 33.3 Å². The fourth-order valence-corrected chi connectivity index (χ4v) is 24.0. The van der Waals surface area contributed by atoms with Crippen LogP contribution in [0.4, 0.5) is 0 Å². The highest BCUT2D eigenvalue weighted by Gasteiger charge is 2.44. The molecule has 0 fully saturated rings. The van der Waals surface area contributed by atoms with Crippen molar-refractivity contribution in [2.75, 3.05) is 98.9 Å². The number of likely N-dealkylation sites (N-methyl/N-ethyl adjacent to an activating group) is 1. The van der Waals surface area contributed by atoms with Crippen LogP contribution in [-0.4, -0.2) is 207 Å². The van der Waals surface area contributed by atoms with Crippen LogP contribution in [0.2, 0.25) is 72.5 Å². The first-order valence-corrected chi connectivity index (χ1v) is 72.9. The number of ether oxygens (including phenoxy) is 4. The van der Waals surface area contributed by atoms with E-state index in [4.69, 9.17) is 36.7 Å². The lowest BCUT2D eigenvalue weighted by atomic mass is 9.94. The molecule has 0 saturated carbocycles. The molecule has 2 N–H and O–H groups in total. The summed E-state index contributed by atoms with van der Waals surface area (Å²) in [6.07, 6.45) is 68.5. The van der Waals surface area contributed by atoms with Crippen molar-refractivity contribution >= 4 is 69.0 Å².